The number of para-hydroxylation sites is 1. The smallest absolute Gasteiger partial charge is 0.222 e. The van der Waals surface area contributed by atoms with Crippen molar-refractivity contribution < 1.29 is 14.6 Å². The van der Waals surface area contributed by atoms with Crippen molar-refractivity contribution in [1.29, 1.82) is 0 Å². The molecule has 0 unspecified atom stereocenters. The molecule has 9 nitrogen and oxygen atoms in total. The Morgan fingerprint density at radius 3 is 2.65 bits per heavy atom. The summed E-state index contributed by atoms with van der Waals surface area (Å²) in [6.07, 6.45) is 2.16. The highest BCUT2D eigenvalue weighted by Crippen LogP contribution is 2.34. The average Bonchev–Trinajstić information content (AvgIpc) is 3.17. The Morgan fingerprint density at radius 2 is 1.95 bits per heavy atom. The van der Waals surface area contributed by atoms with Gasteiger partial charge in [-0.25, -0.2) is 4.98 Å². The number of fused-ring (bicyclic) bond motifs is 3. The summed E-state index contributed by atoms with van der Waals surface area (Å²) < 4.78 is 13.3. The van der Waals surface area contributed by atoms with Gasteiger partial charge in [0, 0.05) is 30.6 Å². The maximum absolute atomic E-state index is 7.57. The molecule has 1 aliphatic rings. The molecule has 198 valence electrons. The standard InChI is InChI=1S/C26H32N6O2.C2H6O/c1-3-4-11-28-25-24-23(30-26(27)31-25)20-7-5-6-8-21(20)32(24)14-18-12-17(9-10-22(18)33-2)13-29-19-15-34-16-19;1-2-3/h5-10,12,19,29H,3-4,11,13-16H2,1-2H3,(H3,27,28,30,31);3H,2H2,1H3. The molecule has 3 heterocycles. The van der Waals surface area contributed by atoms with Gasteiger partial charge in [-0.2, -0.15) is 4.98 Å². The topological polar surface area (TPSA) is 119 Å². The SMILES string of the molecule is CCCCNc1nc(N)nc2c3ccccc3n(Cc3cc(CNC4COC4)ccc3OC)c12.CCO. The third-order valence-electron chi connectivity index (χ3n) is 6.35. The van der Waals surface area contributed by atoms with Crippen LogP contribution in [0.4, 0.5) is 11.8 Å². The number of aromatic nitrogens is 3. The Kier molecular flexibility index (Phi) is 9.16. The van der Waals surface area contributed by atoms with Gasteiger partial charge in [0.25, 0.3) is 0 Å². The summed E-state index contributed by atoms with van der Waals surface area (Å²) in [5, 5.41) is 15.7. The summed E-state index contributed by atoms with van der Waals surface area (Å²) in [5.41, 5.74) is 11.3. The first-order valence-corrected chi connectivity index (χ1v) is 13.0. The molecule has 1 aliphatic heterocycles. The van der Waals surface area contributed by atoms with Gasteiger partial charge in [0.1, 0.15) is 16.8 Å². The largest absolute Gasteiger partial charge is 0.496 e. The zero-order valence-corrected chi connectivity index (χ0v) is 22.0. The Labute approximate surface area is 218 Å². The summed E-state index contributed by atoms with van der Waals surface area (Å²) in [5.74, 6) is 1.91. The second kappa shape index (κ2) is 12.7. The Balaban J connectivity index is 0.00000102. The molecule has 2 aromatic heterocycles. The fraction of sp³-hybridized carbons (Fsp3) is 0.429. The van der Waals surface area contributed by atoms with Crippen LogP contribution in [-0.4, -0.2) is 59.2 Å². The van der Waals surface area contributed by atoms with E-state index in [9.17, 15) is 0 Å². The first-order valence-electron chi connectivity index (χ1n) is 13.0. The summed E-state index contributed by atoms with van der Waals surface area (Å²) >= 11 is 0. The predicted molar refractivity (Wildman–Crippen MR) is 149 cm³/mol. The number of nitrogens with zero attached hydrogens (tertiary/aromatic N) is 3. The molecular weight excluding hydrogens is 468 g/mol. The Bertz CT molecular complexity index is 1320. The number of benzene rings is 2. The molecule has 0 saturated carbocycles. The number of aliphatic hydroxyl groups excluding tert-OH is 1. The van der Waals surface area contributed by atoms with E-state index in [1.54, 1.807) is 14.0 Å². The molecule has 0 atom stereocenters. The number of methoxy groups -OCH3 is 1. The lowest BCUT2D eigenvalue weighted by Gasteiger charge is -2.27. The number of aliphatic hydroxyl groups is 1. The first-order chi connectivity index (χ1) is 18.1. The van der Waals surface area contributed by atoms with Crippen molar-refractivity contribution in [1.82, 2.24) is 19.9 Å². The van der Waals surface area contributed by atoms with E-state index in [1.165, 1.54) is 5.56 Å². The van der Waals surface area contributed by atoms with Crippen LogP contribution in [-0.2, 0) is 17.8 Å². The van der Waals surface area contributed by atoms with Gasteiger partial charge < -0.3 is 35.5 Å². The van der Waals surface area contributed by atoms with Gasteiger partial charge in [0.15, 0.2) is 5.82 Å². The number of hydrogen-bond acceptors (Lipinski definition) is 8. The van der Waals surface area contributed by atoms with Crippen LogP contribution in [0.5, 0.6) is 5.75 Å². The van der Waals surface area contributed by atoms with E-state index in [0.717, 1.165) is 78.2 Å². The first kappa shape index (κ1) is 26.7. The highest BCUT2D eigenvalue weighted by molar-refractivity contribution is 6.09. The van der Waals surface area contributed by atoms with Crippen LogP contribution in [0.15, 0.2) is 42.5 Å². The van der Waals surface area contributed by atoms with Gasteiger partial charge in [-0.15, -0.1) is 0 Å². The van der Waals surface area contributed by atoms with Gasteiger partial charge in [-0.1, -0.05) is 37.6 Å². The molecule has 1 fully saturated rings. The van der Waals surface area contributed by atoms with Crippen molar-refractivity contribution in [3.8, 4) is 5.75 Å². The summed E-state index contributed by atoms with van der Waals surface area (Å²) in [6, 6.07) is 15.1. The second-order valence-electron chi connectivity index (χ2n) is 9.09. The number of nitrogen functional groups attached to an aromatic ring is 1. The van der Waals surface area contributed by atoms with E-state index in [0.29, 0.717) is 12.6 Å². The van der Waals surface area contributed by atoms with Gasteiger partial charge in [-0.05, 0) is 37.1 Å². The highest BCUT2D eigenvalue weighted by atomic mass is 16.5. The summed E-state index contributed by atoms with van der Waals surface area (Å²) in [7, 11) is 1.72. The number of hydrogen-bond donors (Lipinski definition) is 4. The van der Waals surface area contributed by atoms with E-state index >= 15 is 0 Å². The number of nitrogens with two attached hydrogens (primary N) is 1. The maximum Gasteiger partial charge on any atom is 0.222 e. The molecular formula is C28H38N6O3. The summed E-state index contributed by atoms with van der Waals surface area (Å²) in [4.78, 5) is 9.21. The molecule has 5 N–H and O–H groups in total. The minimum atomic E-state index is 0.250. The quantitative estimate of drug-likeness (QED) is 0.239. The van der Waals surface area contributed by atoms with Crippen molar-refractivity contribution in [2.75, 3.05) is 44.5 Å². The van der Waals surface area contributed by atoms with Gasteiger partial charge in [0.05, 0.1) is 38.4 Å². The molecule has 0 amide bonds. The second-order valence-corrected chi connectivity index (χ2v) is 9.09. The van der Waals surface area contributed by atoms with E-state index in [1.807, 2.05) is 12.1 Å². The molecule has 0 aliphatic carbocycles. The van der Waals surface area contributed by atoms with Crippen molar-refractivity contribution in [3.63, 3.8) is 0 Å². The van der Waals surface area contributed by atoms with Crippen LogP contribution in [0, 0.1) is 0 Å². The molecule has 5 rings (SSSR count). The van der Waals surface area contributed by atoms with E-state index in [-0.39, 0.29) is 12.6 Å². The van der Waals surface area contributed by atoms with Crippen molar-refractivity contribution in [2.24, 2.45) is 0 Å². The molecule has 37 heavy (non-hydrogen) atoms. The minimum Gasteiger partial charge on any atom is -0.496 e. The summed E-state index contributed by atoms with van der Waals surface area (Å²) in [6.45, 7) is 7.92. The van der Waals surface area contributed by atoms with Crippen LogP contribution in [0.2, 0.25) is 0 Å². The van der Waals surface area contributed by atoms with Crippen molar-refractivity contribution in [2.45, 2.75) is 45.8 Å². The van der Waals surface area contributed by atoms with Crippen molar-refractivity contribution in [3.05, 3.63) is 53.6 Å². The van der Waals surface area contributed by atoms with Gasteiger partial charge in [0.2, 0.25) is 5.95 Å². The van der Waals surface area contributed by atoms with Crippen LogP contribution in [0.3, 0.4) is 0 Å². The van der Waals surface area contributed by atoms with E-state index < -0.39 is 0 Å². The van der Waals surface area contributed by atoms with E-state index in [4.69, 9.17) is 20.3 Å². The van der Waals surface area contributed by atoms with Crippen LogP contribution in [0.1, 0.15) is 37.8 Å². The van der Waals surface area contributed by atoms with E-state index in [2.05, 4.69) is 62.4 Å². The minimum absolute atomic E-state index is 0.250. The third-order valence-corrected chi connectivity index (χ3v) is 6.35. The third kappa shape index (κ3) is 6.12. The lowest BCUT2D eigenvalue weighted by atomic mass is 10.1. The lowest BCUT2D eigenvalue weighted by molar-refractivity contribution is -0.00578. The van der Waals surface area contributed by atoms with Crippen LogP contribution in [0.25, 0.3) is 21.9 Å². The number of nitrogens with one attached hydrogen (secondary N) is 2. The zero-order valence-electron chi connectivity index (χ0n) is 22.0. The Morgan fingerprint density at radius 1 is 1.16 bits per heavy atom. The average molecular weight is 507 g/mol. The fourth-order valence-corrected chi connectivity index (χ4v) is 4.47. The van der Waals surface area contributed by atoms with Crippen LogP contribution >= 0.6 is 0 Å². The molecule has 9 heteroatoms. The number of anilines is 2. The number of rotatable bonds is 10. The van der Waals surface area contributed by atoms with Crippen LogP contribution < -0.4 is 21.1 Å². The normalized spacial score (nSPS) is 13.3. The monoisotopic (exact) mass is 506 g/mol. The highest BCUT2D eigenvalue weighted by Gasteiger charge is 2.20. The molecule has 0 bridgehead atoms. The molecule has 4 aromatic rings. The maximum atomic E-state index is 7.57. The fourth-order valence-electron chi connectivity index (χ4n) is 4.47. The molecule has 0 radical (unpaired) electrons. The molecule has 2 aromatic carbocycles. The number of unbranched alkanes of at least 4 members (excludes halogenated alkanes) is 1. The van der Waals surface area contributed by atoms with Gasteiger partial charge in [-0.3, -0.25) is 0 Å². The predicted octanol–water partition coefficient (Wildman–Crippen LogP) is 3.92. The Hall–Kier alpha value is -3.40. The molecule has 1 saturated heterocycles. The molecule has 0 spiro atoms. The van der Waals surface area contributed by atoms with Crippen molar-refractivity contribution >= 4 is 33.7 Å². The number of ether oxygens (including phenoxy) is 2. The zero-order chi connectivity index (χ0) is 26.2. The lowest BCUT2D eigenvalue weighted by Crippen LogP contribution is -2.45. The van der Waals surface area contributed by atoms with Gasteiger partial charge >= 0.3 is 0 Å².